The summed E-state index contributed by atoms with van der Waals surface area (Å²) in [5, 5.41) is 6.04. The van der Waals surface area contributed by atoms with Crippen molar-refractivity contribution in [2.45, 2.75) is 24.9 Å². The number of nitrogens with one attached hydrogen (secondary N) is 2. The molecule has 0 unspecified atom stereocenters. The minimum atomic E-state index is -3.39. The van der Waals surface area contributed by atoms with Crippen LogP contribution in [-0.4, -0.2) is 32.7 Å². The SMILES string of the molecule is CC(=O)Nc1ccc(CNCc2ccc(S(=O)(=O)N(C)C)cc2)cc1. The van der Waals surface area contributed by atoms with Gasteiger partial charge in [0, 0.05) is 39.8 Å². The number of sulfonamides is 1. The van der Waals surface area contributed by atoms with Crippen molar-refractivity contribution in [1.82, 2.24) is 9.62 Å². The smallest absolute Gasteiger partial charge is 0.242 e. The van der Waals surface area contributed by atoms with Crippen LogP contribution in [0.2, 0.25) is 0 Å². The van der Waals surface area contributed by atoms with Gasteiger partial charge in [-0.3, -0.25) is 4.79 Å². The summed E-state index contributed by atoms with van der Waals surface area (Å²) in [5.74, 6) is -0.0920. The Hall–Kier alpha value is -2.22. The van der Waals surface area contributed by atoms with E-state index in [1.54, 1.807) is 12.1 Å². The molecule has 2 N–H and O–H groups in total. The van der Waals surface area contributed by atoms with E-state index in [1.807, 2.05) is 36.4 Å². The standard InChI is InChI=1S/C18H23N3O3S/c1-14(22)20-17-8-4-15(5-9-17)12-19-13-16-6-10-18(11-7-16)25(23,24)21(2)3/h4-11,19H,12-13H2,1-3H3,(H,20,22). The lowest BCUT2D eigenvalue weighted by molar-refractivity contribution is -0.114. The van der Waals surface area contributed by atoms with E-state index in [4.69, 9.17) is 0 Å². The van der Waals surface area contributed by atoms with E-state index < -0.39 is 10.0 Å². The Kier molecular flexibility index (Phi) is 6.30. The molecule has 0 radical (unpaired) electrons. The average molecular weight is 361 g/mol. The fourth-order valence-corrected chi connectivity index (χ4v) is 3.15. The van der Waals surface area contributed by atoms with Gasteiger partial charge in [-0.1, -0.05) is 24.3 Å². The summed E-state index contributed by atoms with van der Waals surface area (Å²) in [7, 11) is -0.355. The number of nitrogens with zero attached hydrogens (tertiary/aromatic N) is 1. The lowest BCUT2D eigenvalue weighted by Gasteiger charge is -2.12. The molecular formula is C18H23N3O3S. The summed E-state index contributed by atoms with van der Waals surface area (Å²) in [5.41, 5.74) is 2.88. The normalized spacial score (nSPS) is 11.5. The summed E-state index contributed by atoms with van der Waals surface area (Å²) >= 11 is 0. The van der Waals surface area contributed by atoms with Crippen LogP contribution in [0.4, 0.5) is 5.69 Å². The molecule has 2 aromatic carbocycles. The van der Waals surface area contributed by atoms with Crippen molar-refractivity contribution in [2.75, 3.05) is 19.4 Å². The van der Waals surface area contributed by atoms with E-state index in [-0.39, 0.29) is 10.8 Å². The van der Waals surface area contributed by atoms with Crippen molar-refractivity contribution >= 4 is 21.6 Å². The number of anilines is 1. The molecule has 0 saturated carbocycles. The molecule has 0 aliphatic rings. The second-order valence-electron chi connectivity index (χ2n) is 5.91. The van der Waals surface area contributed by atoms with Crippen LogP contribution in [-0.2, 0) is 27.9 Å². The molecule has 6 nitrogen and oxygen atoms in total. The van der Waals surface area contributed by atoms with Crippen LogP contribution < -0.4 is 10.6 Å². The minimum Gasteiger partial charge on any atom is -0.326 e. The predicted octanol–water partition coefficient (Wildman–Crippen LogP) is 2.19. The minimum absolute atomic E-state index is 0.0920. The highest BCUT2D eigenvalue weighted by atomic mass is 32.2. The number of benzene rings is 2. The Morgan fingerprint density at radius 3 is 1.84 bits per heavy atom. The molecule has 0 saturated heterocycles. The number of carbonyl (C=O) groups excluding carboxylic acids is 1. The Morgan fingerprint density at radius 1 is 0.920 bits per heavy atom. The molecule has 0 aliphatic carbocycles. The third kappa shape index (κ3) is 5.38. The van der Waals surface area contributed by atoms with Gasteiger partial charge >= 0.3 is 0 Å². The van der Waals surface area contributed by atoms with E-state index in [0.717, 1.165) is 16.8 Å². The third-order valence-corrected chi connectivity index (χ3v) is 5.46. The molecule has 0 aromatic heterocycles. The zero-order chi connectivity index (χ0) is 18.4. The molecule has 25 heavy (non-hydrogen) atoms. The quantitative estimate of drug-likeness (QED) is 0.792. The van der Waals surface area contributed by atoms with Crippen molar-refractivity contribution in [1.29, 1.82) is 0 Å². The van der Waals surface area contributed by atoms with Crippen LogP contribution in [0.25, 0.3) is 0 Å². The Labute approximate surface area is 148 Å². The summed E-state index contributed by atoms with van der Waals surface area (Å²) in [6, 6.07) is 14.5. The van der Waals surface area contributed by atoms with Crippen LogP contribution in [0.15, 0.2) is 53.4 Å². The molecule has 0 spiro atoms. The molecule has 1 amide bonds. The lowest BCUT2D eigenvalue weighted by Crippen LogP contribution is -2.22. The van der Waals surface area contributed by atoms with Crippen molar-refractivity contribution in [3.05, 3.63) is 59.7 Å². The van der Waals surface area contributed by atoms with Gasteiger partial charge in [-0.2, -0.15) is 0 Å². The highest BCUT2D eigenvalue weighted by Gasteiger charge is 2.16. The highest BCUT2D eigenvalue weighted by Crippen LogP contribution is 2.14. The van der Waals surface area contributed by atoms with Crippen molar-refractivity contribution < 1.29 is 13.2 Å². The number of rotatable bonds is 7. The van der Waals surface area contributed by atoms with Gasteiger partial charge in [0.05, 0.1) is 4.90 Å². The monoisotopic (exact) mass is 361 g/mol. The van der Waals surface area contributed by atoms with Gasteiger partial charge < -0.3 is 10.6 Å². The maximum Gasteiger partial charge on any atom is 0.242 e. The number of carbonyl (C=O) groups is 1. The Balaban J connectivity index is 1.89. The molecule has 2 aromatic rings. The topological polar surface area (TPSA) is 78.5 Å². The summed E-state index contributed by atoms with van der Waals surface area (Å²) in [4.78, 5) is 11.3. The first-order valence-electron chi connectivity index (χ1n) is 7.88. The van der Waals surface area contributed by atoms with E-state index in [0.29, 0.717) is 13.1 Å². The van der Waals surface area contributed by atoms with Crippen molar-refractivity contribution in [3.63, 3.8) is 0 Å². The largest absolute Gasteiger partial charge is 0.326 e. The summed E-state index contributed by atoms with van der Waals surface area (Å²) < 4.78 is 25.2. The Morgan fingerprint density at radius 2 is 1.40 bits per heavy atom. The third-order valence-electron chi connectivity index (χ3n) is 3.63. The fraction of sp³-hybridized carbons (Fsp3) is 0.278. The summed E-state index contributed by atoms with van der Waals surface area (Å²) in [6.07, 6.45) is 0. The molecular weight excluding hydrogens is 338 g/mol. The average Bonchev–Trinajstić information content (AvgIpc) is 2.56. The van der Waals surface area contributed by atoms with E-state index >= 15 is 0 Å². The van der Waals surface area contributed by atoms with Crippen molar-refractivity contribution in [3.8, 4) is 0 Å². The maximum atomic E-state index is 12.0. The van der Waals surface area contributed by atoms with Gasteiger partial charge in [0.2, 0.25) is 15.9 Å². The van der Waals surface area contributed by atoms with Gasteiger partial charge in [-0.25, -0.2) is 12.7 Å². The predicted molar refractivity (Wildman–Crippen MR) is 98.6 cm³/mol. The molecule has 0 heterocycles. The zero-order valence-corrected chi connectivity index (χ0v) is 15.4. The van der Waals surface area contributed by atoms with Gasteiger partial charge in [-0.15, -0.1) is 0 Å². The van der Waals surface area contributed by atoms with Crippen LogP contribution in [0.1, 0.15) is 18.1 Å². The first-order chi connectivity index (χ1) is 11.8. The highest BCUT2D eigenvalue weighted by molar-refractivity contribution is 7.89. The molecule has 7 heteroatoms. The van der Waals surface area contributed by atoms with Gasteiger partial charge in [0.15, 0.2) is 0 Å². The van der Waals surface area contributed by atoms with Crippen LogP contribution in [0.5, 0.6) is 0 Å². The number of hydrogen-bond donors (Lipinski definition) is 2. The summed E-state index contributed by atoms with van der Waals surface area (Å²) in [6.45, 7) is 2.79. The van der Waals surface area contributed by atoms with Crippen LogP contribution in [0.3, 0.4) is 0 Å². The maximum absolute atomic E-state index is 12.0. The van der Waals surface area contributed by atoms with E-state index in [1.165, 1.54) is 25.3 Å². The first-order valence-corrected chi connectivity index (χ1v) is 9.32. The van der Waals surface area contributed by atoms with E-state index in [9.17, 15) is 13.2 Å². The Bertz CT molecular complexity index is 814. The molecule has 0 aliphatic heterocycles. The van der Waals surface area contributed by atoms with Gasteiger partial charge in [0.1, 0.15) is 0 Å². The van der Waals surface area contributed by atoms with Gasteiger partial charge in [0.25, 0.3) is 0 Å². The molecule has 2 rings (SSSR count). The van der Waals surface area contributed by atoms with E-state index in [2.05, 4.69) is 10.6 Å². The fourth-order valence-electron chi connectivity index (χ4n) is 2.25. The first kappa shape index (κ1) is 19.1. The number of amides is 1. The van der Waals surface area contributed by atoms with Crippen molar-refractivity contribution in [2.24, 2.45) is 0 Å². The van der Waals surface area contributed by atoms with Crippen LogP contribution in [0, 0.1) is 0 Å². The lowest BCUT2D eigenvalue weighted by atomic mass is 10.2. The van der Waals surface area contributed by atoms with Gasteiger partial charge in [-0.05, 0) is 35.4 Å². The second kappa shape index (κ2) is 8.24. The number of hydrogen-bond acceptors (Lipinski definition) is 4. The molecule has 0 fully saturated rings. The van der Waals surface area contributed by atoms with Crippen LogP contribution >= 0.6 is 0 Å². The zero-order valence-electron chi connectivity index (χ0n) is 14.6. The molecule has 134 valence electrons. The second-order valence-corrected chi connectivity index (χ2v) is 8.06. The molecule has 0 bridgehead atoms. The molecule has 0 atom stereocenters.